The number of amides is 1. The molecule has 2 heterocycles. The first-order valence-electron chi connectivity index (χ1n) is 7.86. The van der Waals surface area contributed by atoms with Crippen molar-refractivity contribution in [2.45, 2.75) is 20.3 Å². The fraction of sp³-hybridized carbons (Fsp3) is 0.211. The van der Waals surface area contributed by atoms with Crippen molar-refractivity contribution in [1.29, 1.82) is 0 Å². The van der Waals surface area contributed by atoms with E-state index in [0.29, 0.717) is 24.1 Å². The Morgan fingerprint density at radius 3 is 2.83 bits per heavy atom. The van der Waals surface area contributed by atoms with E-state index in [0.717, 1.165) is 22.0 Å². The summed E-state index contributed by atoms with van der Waals surface area (Å²) in [6.07, 6.45) is 3.61. The number of H-pyrrole nitrogens is 1. The topological polar surface area (TPSA) is 74.8 Å². The number of carbonyl (C=O) groups excluding carboxylic acids is 1. The van der Waals surface area contributed by atoms with Gasteiger partial charge in [0, 0.05) is 35.4 Å². The number of hydrogen-bond donors (Lipinski definition) is 2. The van der Waals surface area contributed by atoms with Gasteiger partial charge in [0.2, 0.25) is 0 Å². The molecule has 0 saturated heterocycles. The van der Waals surface area contributed by atoms with E-state index >= 15 is 0 Å². The molecule has 5 nitrogen and oxygen atoms in total. The lowest BCUT2D eigenvalue weighted by molar-refractivity contribution is 0.0953. The van der Waals surface area contributed by atoms with Gasteiger partial charge in [0.25, 0.3) is 11.5 Å². The maximum Gasteiger partial charge on any atom is 0.252 e. The molecule has 0 atom stereocenters. The molecule has 0 unspecified atom stereocenters. The molecule has 3 rings (SSSR count). The number of benzene rings is 1. The summed E-state index contributed by atoms with van der Waals surface area (Å²) in [5, 5.41) is 3.85. The van der Waals surface area contributed by atoms with Crippen LogP contribution in [-0.4, -0.2) is 22.4 Å². The molecule has 5 heteroatoms. The number of aromatic amines is 1. The van der Waals surface area contributed by atoms with Crippen LogP contribution in [0.2, 0.25) is 0 Å². The molecule has 0 bridgehead atoms. The van der Waals surface area contributed by atoms with Crippen molar-refractivity contribution in [2.24, 2.45) is 0 Å². The van der Waals surface area contributed by atoms with E-state index in [1.807, 2.05) is 26.0 Å². The SMILES string of the molecule is Cc1cc(C)c2cc(CCNC(=O)c3cccnc3)c(=O)[nH]c2c1. The number of aromatic nitrogens is 2. The largest absolute Gasteiger partial charge is 0.352 e. The van der Waals surface area contributed by atoms with E-state index in [1.165, 1.54) is 6.20 Å². The number of hydrogen-bond acceptors (Lipinski definition) is 3. The van der Waals surface area contributed by atoms with Gasteiger partial charge in [0.1, 0.15) is 0 Å². The zero-order chi connectivity index (χ0) is 17.1. The second-order valence-electron chi connectivity index (χ2n) is 5.91. The predicted octanol–water partition coefficient (Wildman–Crippen LogP) is 2.51. The number of rotatable bonds is 4. The third-order valence-electron chi connectivity index (χ3n) is 3.99. The molecule has 122 valence electrons. The highest BCUT2D eigenvalue weighted by atomic mass is 16.1. The third-order valence-corrected chi connectivity index (χ3v) is 3.99. The van der Waals surface area contributed by atoms with Crippen LogP contribution < -0.4 is 10.9 Å². The van der Waals surface area contributed by atoms with Gasteiger partial charge >= 0.3 is 0 Å². The molecule has 0 aliphatic rings. The van der Waals surface area contributed by atoms with E-state index in [2.05, 4.69) is 21.4 Å². The lowest BCUT2D eigenvalue weighted by atomic mass is 10.0. The Bertz CT molecular complexity index is 946. The first-order chi connectivity index (χ1) is 11.5. The summed E-state index contributed by atoms with van der Waals surface area (Å²) in [7, 11) is 0. The number of fused-ring (bicyclic) bond motifs is 1. The highest BCUT2D eigenvalue weighted by Crippen LogP contribution is 2.18. The van der Waals surface area contributed by atoms with Gasteiger partial charge in [0.15, 0.2) is 0 Å². The van der Waals surface area contributed by atoms with Crippen molar-refractivity contribution in [1.82, 2.24) is 15.3 Å². The van der Waals surface area contributed by atoms with E-state index in [-0.39, 0.29) is 11.5 Å². The normalized spacial score (nSPS) is 10.8. The molecule has 0 spiro atoms. The van der Waals surface area contributed by atoms with Gasteiger partial charge in [-0.15, -0.1) is 0 Å². The summed E-state index contributed by atoms with van der Waals surface area (Å²) in [5.41, 5.74) is 4.16. The fourth-order valence-electron chi connectivity index (χ4n) is 2.81. The van der Waals surface area contributed by atoms with Crippen LogP contribution in [0.3, 0.4) is 0 Å². The van der Waals surface area contributed by atoms with Crippen molar-refractivity contribution in [2.75, 3.05) is 6.54 Å². The van der Waals surface area contributed by atoms with Crippen LogP contribution in [0, 0.1) is 13.8 Å². The van der Waals surface area contributed by atoms with Crippen LogP contribution in [0.25, 0.3) is 10.9 Å². The smallest absolute Gasteiger partial charge is 0.252 e. The summed E-state index contributed by atoms with van der Waals surface area (Å²) < 4.78 is 0. The average molecular weight is 321 g/mol. The van der Waals surface area contributed by atoms with Crippen molar-refractivity contribution in [3.05, 3.63) is 75.3 Å². The molecule has 24 heavy (non-hydrogen) atoms. The van der Waals surface area contributed by atoms with Crippen LogP contribution in [0.5, 0.6) is 0 Å². The van der Waals surface area contributed by atoms with Gasteiger partial charge in [-0.05, 0) is 55.7 Å². The summed E-state index contributed by atoms with van der Waals surface area (Å²) >= 11 is 0. The number of nitrogens with zero attached hydrogens (tertiary/aromatic N) is 1. The Balaban J connectivity index is 1.75. The highest BCUT2D eigenvalue weighted by molar-refractivity contribution is 5.93. The number of aryl methyl sites for hydroxylation is 2. The minimum atomic E-state index is -0.188. The molecule has 0 radical (unpaired) electrons. The Morgan fingerprint density at radius 1 is 1.25 bits per heavy atom. The highest BCUT2D eigenvalue weighted by Gasteiger charge is 2.08. The van der Waals surface area contributed by atoms with Crippen molar-refractivity contribution < 1.29 is 4.79 Å². The van der Waals surface area contributed by atoms with Gasteiger partial charge in [-0.2, -0.15) is 0 Å². The molecule has 0 aliphatic carbocycles. The van der Waals surface area contributed by atoms with E-state index in [1.54, 1.807) is 18.3 Å². The zero-order valence-electron chi connectivity index (χ0n) is 13.7. The van der Waals surface area contributed by atoms with E-state index in [4.69, 9.17) is 0 Å². The first-order valence-corrected chi connectivity index (χ1v) is 7.86. The van der Waals surface area contributed by atoms with Crippen molar-refractivity contribution in [3.8, 4) is 0 Å². The zero-order valence-corrected chi connectivity index (χ0v) is 13.7. The Labute approximate surface area is 139 Å². The standard InChI is InChI=1S/C19H19N3O2/c1-12-8-13(2)16-10-14(19(24)22-17(16)9-12)5-7-21-18(23)15-4-3-6-20-11-15/h3-4,6,8-11H,5,7H2,1-2H3,(H,21,23)(H,22,24). The maximum absolute atomic E-state index is 12.2. The lowest BCUT2D eigenvalue weighted by Gasteiger charge is -2.08. The van der Waals surface area contributed by atoms with Crippen LogP contribution >= 0.6 is 0 Å². The van der Waals surface area contributed by atoms with Gasteiger partial charge in [-0.1, -0.05) is 6.07 Å². The Morgan fingerprint density at radius 2 is 2.08 bits per heavy atom. The monoisotopic (exact) mass is 321 g/mol. The van der Waals surface area contributed by atoms with Crippen LogP contribution in [0.4, 0.5) is 0 Å². The molecule has 2 N–H and O–H groups in total. The second-order valence-corrected chi connectivity index (χ2v) is 5.91. The molecule has 0 fully saturated rings. The minimum Gasteiger partial charge on any atom is -0.352 e. The number of nitrogens with one attached hydrogen (secondary N) is 2. The lowest BCUT2D eigenvalue weighted by Crippen LogP contribution is -2.27. The van der Waals surface area contributed by atoms with Gasteiger partial charge < -0.3 is 10.3 Å². The Hall–Kier alpha value is -2.95. The number of carbonyl (C=O) groups is 1. The van der Waals surface area contributed by atoms with Crippen LogP contribution in [0.1, 0.15) is 27.0 Å². The van der Waals surface area contributed by atoms with Crippen LogP contribution in [-0.2, 0) is 6.42 Å². The van der Waals surface area contributed by atoms with Crippen molar-refractivity contribution in [3.63, 3.8) is 0 Å². The summed E-state index contributed by atoms with van der Waals surface area (Å²) in [6, 6.07) is 9.40. The first kappa shape index (κ1) is 15.9. The number of pyridine rings is 2. The summed E-state index contributed by atoms with van der Waals surface area (Å²) in [4.78, 5) is 31.1. The quantitative estimate of drug-likeness (QED) is 0.775. The molecule has 2 aromatic heterocycles. The molecule has 3 aromatic rings. The minimum absolute atomic E-state index is 0.108. The van der Waals surface area contributed by atoms with Crippen molar-refractivity contribution >= 4 is 16.8 Å². The Kier molecular flexibility index (Phi) is 4.42. The average Bonchev–Trinajstić information content (AvgIpc) is 2.56. The molecular formula is C19H19N3O2. The van der Waals surface area contributed by atoms with Crippen LogP contribution in [0.15, 0.2) is 47.5 Å². The van der Waals surface area contributed by atoms with Gasteiger partial charge in [-0.3, -0.25) is 14.6 Å². The molecule has 1 aromatic carbocycles. The summed E-state index contributed by atoms with van der Waals surface area (Å²) in [6.45, 7) is 4.43. The fourth-order valence-corrected chi connectivity index (χ4v) is 2.81. The third kappa shape index (κ3) is 3.35. The summed E-state index contributed by atoms with van der Waals surface area (Å²) in [5.74, 6) is -0.188. The van der Waals surface area contributed by atoms with Gasteiger partial charge in [0.05, 0.1) is 5.56 Å². The van der Waals surface area contributed by atoms with E-state index < -0.39 is 0 Å². The molecule has 0 saturated carbocycles. The molecule has 1 amide bonds. The molecule has 0 aliphatic heterocycles. The van der Waals surface area contributed by atoms with Gasteiger partial charge in [-0.25, -0.2) is 0 Å². The van der Waals surface area contributed by atoms with E-state index in [9.17, 15) is 9.59 Å². The molecular weight excluding hydrogens is 302 g/mol. The predicted molar refractivity (Wildman–Crippen MR) is 94.3 cm³/mol. The maximum atomic E-state index is 12.2. The second kappa shape index (κ2) is 6.66.